The average molecular weight is 440 g/mol. The van der Waals surface area contributed by atoms with Crippen LogP contribution in [0, 0.1) is 3.57 Å². The Balaban J connectivity index is 1.58. The number of hydrogen-bond acceptors (Lipinski definition) is 2. The predicted octanol–water partition coefficient (Wildman–Crippen LogP) is 5.77. The lowest BCUT2D eigenvalue weighted by molar-refractivity contribution is 0.104. The van der Waals surface area contributed by atoms with Crippen LogP contribution in [0.1, 0.15) is 21.5 Å². The van der Waals surface area contributed by atoms with E-state index in [-0.39, 0.29) is 5.78 Å². The fourth-order valence-corrected chi connectivity index (χ4v) is 2.66. The molecule has 0 aliphatic carbocycles. The van der Waals surface area contributed by atoms with Crippen LogP contribution in [0.5, 0.6) is 5.75 Å². The van der Waals surface area contributed by atoms with Gasteiger partial charge in [-0.05, 0) is 64.1 Å². The van der Waals surface area contributed by atoms with Crippen LogP contribution in [0.4, 0.5) is 0 Å². The number of hydrogen-bond donors (Lipinski definition) is 0. The van der Waals surface area contributed by atoms with Crippen molar-refractivity contribution in [1.82, 2.24) is 0 Å². The number of ketones is 1. The fraction of sp³-hybridized carbons (Fsp3) is 0.0455. The first-order valence-electron chi connectivity index (χ1n) is 7.95. The topological polar surface area (TPSA) is 26.3 Å². The third-order valence-corrected chi connectivity index (χ3v) is 4.40. The van der Waals surface area contributed by atoms with E-state index < -0.39 is 0 Å². The van der Waals surface area contributed by atoms with Gasteiger partial charge in [0.1, 0.15) is 12.4 Å². The van der Waals surface area contributed by atoms with Gasteiger partial charge in [0.05, 0.1) is 0 Å². The minimum atomic E-state index is 0.000745. The van der Waals surface area contributed by atoms with Crippen molar-refractivity contribution < 1.29 is 9.53 Å². The molecule has 3 aromatic carbocycles. The Morgan fingerprint density at radius 2 is 1.56 bits per heavy atom. The molecule has 0 fully saturated rings. The SMILES string of the molecule is O=C(C=Cc1ccc(OCc2ccccc2)cc1)c1ccc(I)cc1. The van der Waals surface area contributed by atoms with Crippen LogP contribution in [0.3, 0.4) is 0 Å². The quantitative estimate of drug-likeness (QED) is 0.277. The van der Waals surface area contributed by atoms with Gasteiger partial charge in [0.2, 0.25) is 0 Å². The minimum Gasteiger partial charge on any atom is -0.489 e. The highest BCUT2D eigenvalue weighted by Crippen LogP contribution is 2.16. The van der Waals surface area contributed by atoms with Crippen molar-refractivity contribution in [3.05, 3.63) is 105 Å². The van der Waals surface area contributed by atoms with E-state index in [2.05, 4.69) is 22.6 Å². The third kappa shape index (κ3) is 5.29. The van der Waals surface area contributed by atoms with Crippen LogP contribution in [-0.2, 0) is 6.61 Å². The first-order valence-corrected chi connectivity index (χ1v) is 9.03. The summed E-state index contributed by atoms with van der Waals surface area (Å²) in [6.07, 6.45) is 3.42. The molecule has 0 unspecified atom stereocenters. The smallest absolute Gasteiger partial charge is 0.185 e. The summed E-state index contributed by atoms with van der Waals surface area (Å²) in [5.41, 5.74) is 2.79. The van der Waals surface area contributed by atoms with E-state index in [4.69, 9.17) is 4.74 Å². The molecular formula is C22H17IO2. The Morgan fingerprint density at radius 1 is 0.880 bits per heavy atom. The Morgan fingerprint density at radius 3 is 2.24 bits per heavy atom. The van der Waals surface area contributed by atoms with Crippen LogP contribution in [0.15, 0.2) is 84.9 Å². The van der Waals surface area contributed by atoms with Gasteiger partial charge in [-0.2, -0.15) is 0 Å². The molecule has 0 saturated heterocycles. The number of ether oxygens (including phenoxy) is 1. The van der Waals surface area contributed by atoms with Crippen molar-refractivity contribution >= 4 is 34.5 Å². The van der Waals surface area contributed by atoms with E-state index in [9.17, 15) is 4.79 Å². The normalized spacial score (nSPS) is 10.8. The summed E-state index contributed by atoms with van der Waals surface area (Å²) in [5, 5.41) is 0. The van der Waals surface area contributed by atoms with Crippen LogP contribution < -0.4 is 4.74 Å². The van der Waals surface area contributed by atoms with Crippen LogP contribution in [0.25, 0.3) is 6.08 Å². The van der Waals surface area contributed by atoms with Crippen molar-refractivity contribution in [2.45, 2.75) is 6.61 Å². The first kappa shape index (κ1) is 17.4. The maximum atomic E-state index is 12.1. The van der Waals surface area contributed by atoms with E-state index in [0.717, 1.165) is 20.4 Å². The molecule has 0 heterocycles. The molecule has 3 aromatic rings. The number of carbonyl (C=O) groups is 1. The highest BCUT2D eigenvalue weighted by atomic mass is 127. The average Bonchev–Trinajstić information content (AvgIpc) is 2.67. The molecule has 124 valence electrons. The minimum absolute atomic E-state index is 0.000745. The van der Waals surface area contributed by atoms with Gasteiger partial charge in [0.25, 0.3) is 0 Å². The van der Waals surface area contributed by atoms with Crippen molar-refractivity contribution in [3.8, 4) is 5.75 Å². The maximum Gasteiger partial charge on any atom is 0.185 e. The van der Waals surface area contributed by atoms with Crippen LogP contribution in [0.2, 0.25) is 0 Å². The summed E-state index contributed by atoms with van der Waals surface area (Å²) in [6, 6.07) is 25.3. The number of halogens is 1. The molecule has 0 N–H and O–H groups in total. The van der Waals surface area contributed by atoms with Gasteiger partial charge in [0, 0.05) is 9.13 Å². The third-order valence-electron chi connectivity index (χ3n) is 3.68. The molecule has 0 amide bonds. The standard InChI is InChI=1S/C22H17IO2/c23-20-11-9-19(10-12-20)22(24)15-8-17-6-13-21(14-7-17)25-16-18-4-2-1-3-5-18/h1-15H,16H2. The zero-order valence-corrected chi connectivity index (χ0v) is 15.7. The highest BCUT2D eigenvalue weighted by Gasteiger charge is 2.01. The molecule has 0 saturated carbocycles. The lowest BCUT2D eigenvalue weighted by Gasteiger charge is -2.06. The van der Waals surface area contributed by atoms with Crippen molar-refractivity contribution in [3.63, 3.8) is 0 Å². The van der Waals surface area contributed by atoms with Gasteiger partial charge in [0.15, 0.2) is 5.78 Å². The summed E-state index contributed by atoms with van der Waals surface area (Å²) in [5.74, 6) is 0.811. The van der Waals surface area contributed by atoms with E-state index in [0.29, 0.717) is 12.2 Å². The first-order chi connectivity index (χ1) is 12.2. The molecule has 25 heavy (non-hydrogen) atoms. The molecule has 3 rings (SSSR count). The van der Waals surface area contributed by atoms with Gasteiger partial charge in [-0.1, -0.05) is 60.7 Å². The molecule has 0 spiro atoms. The Labute approximate surface area is 161 Å². The molecule has 0 radical (unpaired) electrons. The second-order valence-electron chi connectivity index (χ2n) is 5.55. The second-order valence-corrected chi connectivity index (χ2v) is 6.79. The van der Waals surface area contributed by atoms with Crippen molar-refractivity contribution in [2.24, 2.45) is 0 Å². The molecule has 0 atom stereocenters. The number of benzene rings is 3. The number of carbonyl (C=O) groups excluding carboxylic acids is 1. The molecule has 3 heteroatoms. The number of rotatable bonds is 6. The molecule has 0 aliphatic rings. The summed E-state index contributed by atoms with van der Waals surface area (Å²) in [6.45, 7) is 0.543. The summed E-state index contributed by atoms with van der Waals surface area (Å²) < 4.78 is 6.88. The zero-order valence-electron chi connectivity index (χ0n) is 13.6. The second kappa shape index (κ2) is 8.62. The summed E-state index contributed by atoms with van der Waals surface area (Å²) >= 11 is 2.22. The fourth-order valence-electron chi connectivity index (χ4n) is 2.30. The molecule has 0 aliphatic heterocycles. The largest absolute Gasteiger partial charge is 0.489 e. The highest BCUT2D eigenvalue weighted by molar-refractivity contribution is 14.1. The van der Waals surface area contributed by atoms with Gasteiger partial charge < -0.3 is 4.74 Å². The monoisotopic (exact) mass is 440 g/mol. The Kier molecular flexibility index (Phi) is 6.01. The molecular weight excluding hydrogens is 423 g/mol. The number of allylic oxidation sites excluding steroid dienone is 1. The van der Waals surface area contributed by atoms with E-state index in [1.807, 2.05) is 84.9 Å². The molecule has 2 nitrogen and oxygen atoms in total. The van der Waals surface area contributed by atoms with Gasteiger partial charge in [-0.3, -0.25) is 4.79 Å². The Hall–Kier alpha value is -2.40. The van der Waals surface area contributed by atoms with Crippen LogP contribution in [-0.4, -0.2) is 5.78 Å². The Bertz CT molecular complexity index is 851. The molecule has 0 aromatic heterocycles. The predicted molar refractivity (Wildman–Crippen MR) is 110 cm³/mol. The maximum absolute atomic E-state index is 12.1. The van der Waals surface area contributed by atoms with Gasteiger partial charge in [-0.25, -0.2) is 0 Å². The van der Waals surface area contributed by atoms with Crippen molar-refractivity contribution in [1.29, 1.82) is 0 Å². The van der Waals surface area contributed by atoms with Crippen LogP contribution >= 0.6 is 22.6 Å². The lowest BCUT2D eigenvalue weighted by atomic mass is 10.1. The molecule has 0 bridgehead atoms. The summed E-state index contributed by atoms with van der Waals surface area (Å²) in [4.78, 5) is 12.1. The van der Waals surface area contributed by atoms with Gasteiger partial charge >= 0.3 is 0 Å². The lowest BCUT2D eigenvalue weighted by Crippen LogP contribution is -1.95. The summed E-state index contributed by atoms with van der Waals surface area (Å²) in [7, 11) is 0. The van der Waals surface area contributed by atoms with E-state index in [1.54, 1.807) is 6.08 Å². The van der Waals surface area contributed by atoms with Crippen molar-refractivity contribution in [2.75, 3.05) is 0 Å². The van der Waals surface area contributed by atoms with E-state index in [1.165, 1.54) is 0 Å². The van der Waals surface area contributed by atoms with E-state index >= 15 is 0 Å². The zero-order chi connectivity index (χ0) is 17.5. The van der Waals surface area contributed by atoms with Gasteiger partial charge in [-0.15, -0.1) is 0 Å².